The largest absolute Gasteiger partial charge is 0.467 e. The van der Waals surface area contributed by atoms with E-state index in [-0.39, 0.29) is 13.0 Å². The number of likely N-dealkylation sites (tertiary alicyclic amines) is 1. The molecule has 0 aromatic heterocycles. The minimum absolute atomic E-state index is 0.255. The number of β-amino-alcohol motifs (C(OH)–C–C–N with tert-alkyl or cyclic N) is 1. The van der Waals surface area contributed by atoms with Gasteiger partial charge in [-0.15, -0.1) is 0 Å². The molecule has 1 aliphatic rings. The first-order valence-corrected chi connectivity index (χ1v) is 7.31. The van der Waals surface area contributed by atoms with Gasteiger partial charge >= 0.3 is 12.1 Å². The molecule has 0 radical (unpaired) electrons. The fourth-order valence-corrected chi connectivity index (χ4v) is 2.36. The zero-order chi connectivity index (χ0) is 16.6. The third-order valence-electron chi connectivity index (χ3n) is 2.97. The first-order valence-electron chi connectivity index (χ1n) is 6.17. The predicted molar refractivity (Wildman–Crippen MR) is 78.6 cm³/mol. The van der Waals surface area contributed by atoms with E-state index in [1.807, 2.05) is 0 Å². The van der Waals surface area contributed by atoms with Crippen molar-refractivity contribution < 1.29 is 24.2 Å². The molecule has 2 atom stereocenters. The van der Waals surface area contributed by atoms with E-state index < -0.39 is 33.1 Å². The Balaban J connectivity index is 3.04. The Bertz CT molecular complexity index is 432. The van der Waals surface area contributed by atoms with Gasteiger partial charge in [-0.25, -0.2) is 9.59 Å². The quantitative estimate of drug-likeness (QED) is 0.572. The second kappa shape index (κ2) is 5.99. The number of methoxy groups -OCH3 is 1. The molecule has 1 aliphatic heterocycles. The van der Waals surface area contributed by atoms with Gasteiger partial charge < -0.3 is 14.6 Å². The topological polar surface area (TPSA) is 76.1 Å². The number of ether oxygens (including phenoxy) is 2. The van der Waals surface area contributed by atoms with Gasteiger partial charge in [0.15, 0.2) is 0 Å². The van der Waals surface area contributed by atoms with E-state index in [0.29, 0.717) is 0 Å². The molecule has 122 valence electrons. The van der Waals surface area contributed by atoms with Crippen LogP contribution in [0.2, 0.25) is 0 Å². The number of hydrogen-bond donors (Lipinski definition) is 1. The van der Waals surface area contributed by atoms with E-state index in [0.717, 1.165) is 4.90 Å². The van der Waals surface area contributed by atoms with Crippen molar-refractivity contribution in [2.24, 2.45) is 0 Å². The number of aliphatic hydroxyl groups is 1. The van der Waals surface area contributed by atoms with Gasteiger partial charge in [-0.3, -0.25) is 4.90 Å². The first kappa shape index (κ1) is 18.6. The maximum atomic E-state index is 12.2. The van der Waals surface area contributed by atoms with Crippen LogP contribution in [0.15, 0.2) is 0 Å². The van der Waals surface area contributed by atoms with Gasteiger partial charge in [-0.05, 0) is 20.8 Å². The van der Waals surface area contributed by atoms with Crippen molar-refractivity contribution in [1.29, 1.82) is 0 Å². The van der Waals surface area contributed by atoms with Crippen LogP contribution in [0.3, 0.4) is 0 Å². The van der Waals surface area contributed by atoms with Crippen molar-refractivity contribution in [3.8, 4) is 0 Å². The summed E-state index contributed by atoms with van der Waals surface area (Å²) in [5.74, 6) is -0.717. The normalized spacial score (nSPS) is 26.7. The number of halogens is 3. The Labute approximate surface area is 138 Å². The molecular weight excluding hydrogens is 344 g/mol. The van der Waals surface area contributed by atoms with Crippen molar-refractivity contribution in [3.63, 3.8) is 0 Å². The van der Waals surface area contributed by atoms with Crippen LogP contribution in [0.5, 0.6) is 0 Å². The van der Waals surface area contributed by atoms with Crippen LogP contribution in [0.25, 0.3) is 0 Å². The molecule has 1 saturated heterocycles. The smallest absolute Gasteiger partial charge is 0.411 e. The Hall–Kier alpha value is -0.430. The Morgan fingerprint density at radius 3 is 2.19 bits per heavy atom. The lowest BCUT2D eigenvalue weighted by Crippen LogP contribution is -2.47. The van der Waals surface area contributed by atoms with Crippen molar-refractivity contribution in [2.75, 3.05) is 13.7 Å². The minimum atomic E-state index is -2.06. The maximum Gasteiger partial charge on any atom is 0.411 e. The van der Waals surface area contributed by atoms with Gasteiger partial charge in [0.1, 0.15) is 17.2 Å². The molecule has 0 aliphatic carbocycles. The molecule has 0 saturated carbocycles. The molecule has 9 heteroatoms. The number of hydrogen-bond acceptors (Lipinski definition) is 5. The van der Waals surface area contributed by atoms with Gasteiger partial charge in [-0.1, -0.05) is 34.8 Å². The molecule has 1 fully saturated rings. The number of esters is 1. The Morgan fingerprint density at radius 1 is 1.29 bits per heavy atom. The summed E-state index contributed by atoms with van der Waals surface area (Å²) in [5, 5.41) is 10.4. The van der Waals surface area contributed by atoms with Gasteiger partial charge in [0, 0.05) is 6.42 Å². The number of carbonyl (C=O) groups is 2. The van der Waals surface area contributed by atoms with Crippen molar-refractivity contribution in [2.45, 2.75) is 48.2 Å². The van der Waals surface area contributed by atoms with Crippen LogP contribution < -0.4 is 0 Å². The van der Waals surface area contributed by atoms with Crippen LogP contribution in [-0.4, -0.2) is 56.8 Å². The average molecular weight is 363 g/mol. The van der Waals surface area contributed by atoms with E-state index >= 15 is 0 Å². The third kappa shape index (κ3) is 4.28. The summed E-state index contributed by atoms with van der Waals surface area (Å²) < 4.78 is 7.75. The van der Waals surface area contributed by atoms with Crippen molar-refractivity contribution in [3.05, 3.63) is 0 Å². The SMILES string of the molecule is COC(=O)[C@H]1C[C@@](O)(C(Cl)(Cl)Cl)CN1C(=O)OC(C)(C)C. The summed E-state index contributed by atoms with van der Waals surface area (Å²) in [4.78, 5) is 25.0. The third-order valence-corrected chi connectivity index (χ3v) is 4.02. The lowest BCUT2D eigenvalue weighted by atomic mass is 10.0. The second-order valence-corrected chi connectivity index (χ2v) is 8.16. The summed E-state index contributed by atoms with van der Waals surface area (Å²) >= 11 is 17.2. The monoisotopic (exact) mass is 361 g/mol. The minimum Gasteiger partial charge on any atom is -0.467 e. The number of rotatable bonds is 1. The Kier molecular flexibility index (Phi) is 5.31. The van der Waals surface area contributed by atoms with Crippen molar-refractivity contribution >= 4 is 46.9 Å². The summed E-state index contributed by atoms with van der Waals surface area (Å²) in [6.07, 6.45) is -1.04. The zero-order valence-electron chi connectivity index (χ0n) is 12.2. The molecule has 0 aromatic rings. The number of nitrogens with zero attached hydrogens (tertiary/aromatic N) is 1. The maximum absolute atomic E-state index is 12.2. The fourth-order valence-electron chi connectivity index (χ4n) is 1.95. The first-order chi connectivity index (χ1) is 9.31. The van der Waals surface area contributed by atoms with Crippen LogP contribution in [-0.2, 0) is 14.3 Å². The van der Waals surface area contributed by atoms with Gasteiger partial charge in [0.2, 0.25) is 3.79 Å². The molecule has 0 bridgehead atoms. The molecule has 1 rings (SSSR count). The summed E-state index contributed by atoms with van der Waals surface area (Å²) in [6.45, 7) is 4.68. The highest BCUT2D eigenvalue weighted by Crippen LogP contribution is 2.46. The number of carbonyl (C=O) groups excluding carboxylic acids is 2. The highest BCUT2D eigenvalue weighted by Gasteiger charge is 2.58. The molecule has 0 aromatic carbocycles. The van der Waals surface area contributed by atoms with Crippen LogP contribution in [0.1, 0.15) is 27.2 Å². The average Bonchev–Trinajstić information content (AvgIpc) is 2.65. The van der Waals surface area contributed by atoms with E-state index in [1.165, 1.54) is 7.11 Å². The molecule has 0 unspecified atom stereocenters. The number of amides is 1. The Morgan fingerprint density at radius 2 is 1.81 bits per heavy atom. The van der Waals surface area contributed by atoms with Gasteiger partial charge in [0.25, 0.3) is 0 Å². The van der Waals surface area contributed by atoms with Gasteiger partial charge in [-0.2, -0.15) is 0 Å². The van der Waals surface area contributed by atoms with Crippen LogP contribution >= 0.6 is 34.8 Å². The molecule has 0 spiro atoms. The molecule has 1 N–H and O–H groups in total. The van der Waals surface area contributed by atoms with Crippen LogP contribution in [0, 0.1) is 0 Å². The number of alkyl halides is 3. The summed E-state index contributed by atoms with van der Waals surface area (Å²) in [6, 6.07) is -1.08. The van der Waals surface area contributed by atoms with E-state index in [1.54, 1.807) is 20.8 Å². The molecular formula is C12H18Cl3NO5. The lowest BCUT2D eigenvalue weighted by Gasteiger charge is -2.30. The highest BCUT2D eigenvalue weighted by atomic mass is 35.6. The van der Waals surface area contributed by atoms with E-state index in [2.05, 4.69) is 4.74 Å². The molecule has 1 amide bonds. The summed E-state index contributed by atoms with van der Waals surface area (Å²) in [5.41, 5.74) is -2.63. The second-order valence-electron chi connectivity index (χ2n) is 5.88. The van der Waals surface area contributed by atoms with Gasteiger partial charge in [0.05, 0.1) is 13.7 Å². The van der Waals surface area contributed by atoms with E-state index in [9.17, 15) is 14.7 Å². The molecule has 6 nitrogen and oxygen atoms in total. The molecule has 1 heterocycles. The fraction of sp³-hybridized carbons (Fsp3) is 0.833. The summed E-state index contributed by atoms with van der Waals surface area (Å²) in [7, 11) is 1.17. The van der Waals surface area contributed by atoms with Crippen molar-refractivity contribution in [1.82, 2.24) is 4.90 Å². The predicted octanol–water partition coefficient (Wildman–Crippen LogP) is 2.27. The molecule has 21 heavy (non-hydrogen) atoms. The zero-order valence-corrected chi connectivity index (χ0v) is 14.4. The van der Waals surface area contributed by atoms with E-state index in [4.69, 9.17) is 39.5 Å². The standard InChI is InChI=1S/C12H18Cl3NO5/c1-10(2,3)21-9(18)16-6-11(19,12(13,14)15)5-7(16)8(17)20-4/h7,19H,5-6H2,1-4H3/t7-,11+/m1/s1. The lowest BCUT2D eigenvalue weighted by molar-refractivity contribution is -0.145. The van der Waals surface area contributed by atoms with Crippen LogP contribution in [0.4, 0.5) is 4.79 Å². The highest BCUT2D eigenvalue weighted by molar-refractivity contribution is 6.68.